The standard InChI is InChI=1S/C13H18N2O/c1-5-10-6-8-11(9-7-10)14-12(16)15-13(2,3)4/h5-9H,1H2,2-4H3,(H2,14,15,16). The molecular weight excluding hydrogens is 200 g/mol. The van der Waals surface area contributed by atoms with Gasteiger partial charge in [0, 0.05) is 11.2 Å². The van der Waals surface area contributed by atoms with Crippen LogP contribution >= 0.6 is 0 Å². The van der Waals surface area contributed by atoms with Crippen LogP contribution in [0.2, 0.25) is 0 Å². The molecule has 3 nitrogen and oxygen atoms in total. The van der Waals surface area contributed by atoms with E-state index < -0.39 is 0 Å². The van der Waals surface area contributed by atoms with Gasteiger partial charge in [-0.2, -0.15) is 0 Å². The van der Waals surface area contributed by atoms with Crippen molar-refractivity contribution in [2.75, 3.05) is 5.32 Å². The number of amides is 2. The number of nitrogens with one attached hydrogen (secondary N) is 2. The van der Waals surface area contributed by atoms with Gasteiger partial charge in [-0.1, -0.05) is 24.8 Å². The molecule has 1 rings (SSSR count). The van der Waals surface area contributed by atoms with Crippen molar-refractivity contribution in [3.05, 3.63) is 36.4 Å². The van der Waals surface area contributed by atoms with E-state index in [1.807, 2.05) is 45.0 Å². The van der Waals surface area contributed by atoms with Crippen LogP contribution in [-0.4, -0.2) is 11.6 Å². The van der Waals surface area contributed by atoms with Gasteiger partial charge in [0.05, 0.1) is 0 Å². The van der Waals surface area contributed by atoms with Gasteiger partial charge in [-0.25, -0.2) is 4.79 Å². The fourth-order valence-corrected chi connectivity index (χ4v) is 1.21. The Bertz CT molecular complexity index is 374. The fourth-order valence-electron chi connectivity index (χ4n) is 1.21. The number of anilines is 1. The predicted octanol–water partition coefficient (Wildman–Crippen LogP) is 3.25. The number of hydrogen-bond donors (Lipinski definition) is 2. The number of benzene rings is 1. The summed E-state index contributed by atoms with van der Waals surface area (Å²) in [4.78, 5) is 11.5. The Balaban J connectivity index is 2.59. The SMILES string of the molecule is C=Cc1ccc(NC(=O)NC(C)(C)C)cc1. The molecule has 3 heteroatoms. The Labute approximate surface area is 96.6 Å². The van der Waals surface area contributed by atoms with Crippen molar-refractivity contribution in [2.45, 2.75) is 26.3 Å². The lowest BCUT2D eigenvalue weighted by atomic mass is 10.1. The molecule has 0 saturated carbocycles. The van der Waals surface area contributed by atoms with Gasteiger partial charge in [0.1, 0.15) is 0 Å². The molecular formula is C13H18N2O. The highest BCUT2D eigenvalue weighted by atomic mass is 16.2. The highest BCUT2D eigenvalue weighted by Gasteiger charge is 2.13. The first kappa shape index (κ1) is 12.3. The summed E-state index contributed by atoms with van der Waals surface area (Å²) in [7, 11) is 0. The third-order valence-electron chi connectivity index (χ3n) is 1.89. The van der Waals surface area contributed by atoms with Crippen LogP contribution < -0.4 is 10.6 Å². The number of hydrogen-bond acceptors (Lipinski definition) is 1. The number of rotatable bonds is 2. The zero-order valence-corrected chi connectivity index (χ0v) is 10.0. The molecule has 0 atom stereocenters. The van der Waals surface area contributed by atoms with Crippen LogP contribution in [0.3, 0.4) is 0 Å². The summed E-state index contributed by atoms with van der Waals surface area (Å²) in [5.74, 6) is 0. The van der Waals surface area contributed by atoms with Gasteiger partial charge in [-0.05, 0) is 38.5 Å². The minimum atomic E-state index is -0.231. The van der Waals surface area contributed by atoms with Crippen LogP contribution in [0, 0.1) is 0 Å². The summed E-state index contributed by atoms with van der Waals surface area (Å²) in [5.41, 5.74) is 1.57. The Kier molecular flexibility index (Phi) is 3.72. The molecule has 0 heterocycles. The normalized spacial score (nSPS) is 10.7. The van der Waals surface area contributed by atoms with Crippen molar-refractivity contribution in [3.63, 3.8) is 0 Å². The van der Waals surface area contributed by atoms with Crippen LogP contribution in [-0.2, 0) is 0 Å². The molecule has 0 spiro atoms. The van der Waals surface area contributed by atoms with E-state index >= 15 is 0 Å². The van der Waals surface area contributed by atoms with E-state index in [2.05, 4.69) is 17.2 Å². The summed E-state index contributed by atoms with van der Waals surface area (Å²) in [6, 6.07) is 7.30. The van der Waals surface area contributed by atoms with E-state index in [1.165, 1.54) is 0 Å². The lowest BCUT2D eigenvalue weighted by Crippen LogP contribution is -2.43. The molecule has 0 saturated heterocycles. The van der Waals surface area contributed by atoms with Gasteiger partial charge >= 0.3 is 6.03 Å². The van der Waals surface area contributed by atoms with Crippen LogP contribution in [0.1, 0.15) is 26.3 Å². The summed E-state index contributed by atoms with van der Waals surface area (Å²) in [5, 5.41) is 5.59. The second-order valence-corrected chi connectivity index (χ2v) is 4.66. The molecule has 86 valence electrons. The average Bonchev–Trinajstić information content (AvgIpc) is 2.16. The number of urea groups is 1. The zero-order valence-electron chi connectivity index (χ0n) is 10.0. The molecule has 0 aromatic heterocycles. The largest absolute Gasteiger partial charge is 0.333 e. The van der Waals surface area contributed by atoms with E-state index in [0.717, 1.165) is 11.3 Å². The Morgan fingerprint density at radius 3 is 2.25 bits per heavy atom. The maximum Gasteiger partial charge on any atom is 0.319 e. The summed E-state index contributed by atoms with van der Waals surface area (Å²) >= 11 is 0. The van der Waals surface area contributed by atoms with Gasteiger partial charge in [-0.15, -0.1) is 0 Å². The average molecular weight is 218 g/mol. The smallest absolute Gasteiger partial charge is 0.319 e. The summed E-state index contributed by atoms with van der Waals surface area (Å²) < 4.78 is 0. The molecule has 1 aromatic carbocycles. The predicted molar refractivity (Wildman–Crippen MR) is 68.4 cm³/mol. The first-order chi connectivity index (χ1) is 7.40. The molecule has 0 aliphatic rings. The fraction of sp³-hybridized carbons (Fsp3) is 0.308. The highest BCUT2D eigenvalue weighted by molar-refractivity contribution is 5.89. The molecule has 2 amide bonds. The molecule has 1 aromatic rings. The van der Waals surface area contributed by atoms with Crippen molar-refractivity contribution < 1.29 is 4.79 Å². The first-order valence-corrected chi connectivity index (χ1v) is 5.22. The monoisotopic (exact) mass is 218 g/mol. The molecule has 16 heavy (non-hydrogen) atoms. The van der Waals surface area contributed by atoms with Crippen LogP contribution in [0.5, 0.6) is 0 Å². The highest BCUT2D eigenvalue weighted by Crippen LogP contribution is 2.10. The van der Waals surface area contributed by atoms with Gasteiger partial charge in [0.25, 0.3) is 0 Å². The minimum Gasteiger partial charge on any atom is -0.333 e. The quantitative estimate of drug-likeness (QED) is 0.786. The second kappa shape index (κ2) is 4.84. The molecule has 0 unspecified atom stereocenters. The first-order valence-electron chi connectivity index (χ1n) is 5.22. The van der Waals surface area contributed by atoms with E-state index in [9.17, 15) is 4.79 Å². The minimum absolute atomic E-state index is 0.196. The van der Waals surface area contributed by atoms with Crippen molar-refractivity contribution in [1.29, 1.82) is 0 Å². The van der Waals surface area contributed by atoms with Crippen LogP contribution in [0.25, 0.3) is 6.08 Å². The van der Waals surface area contributed by atoms with Gasteiger partial charge in [0.15, 0.2) is 0 Å². The Morgan fingerprint density at radius 1 is 1.25 bits per heavy atom. The molecule has 0 aliphatic heterocycles. The lowest BCUT2D eigenvalue weighted by Gasteiger charge is -2.20. The summed E-state index contributed by atoms with van der Waals surface area (Å²) in [6.45, 7) is 9.48. The van der Waals surface area contributed by atoms with E-state index in [4.69, 9.17) is 0 Å². The van der Waals surface area contributed by atoms with Crippen molar-refractivity contribution >= 4 is 17.8 Å². The second-order valence-electron chi connectivity index (χ2n) is 4.66. The van der Waals surface area contributed by atoms with Crippen LogP contribution in [0.4, 0.5) is 10.5 Å². The molecule has 0 radical (unpaired) electrons. The van der Waals surface area contributed by atoms with Gasteiger partial charge in [0.2, 0.25) is 0 Å². The van der Waals surface area contributed by atoms with Crippen molar-refractivity contribution in [1.82, 2.24) is 5.32 Å². The molecule has 0 fully saturated rings. The zero-order chi connectivity index (χ0) is 12.2. The molecule has 0 aliphatic carbocycles. The van der Waals surface area contributed by atoms with E-state index in [1.54, 1.807) is 6.08 Å². The van der Waals surface area contributed by atoms with Gasteiger partial charge in [-0.3, -0.25) is 0 Å². The Hall–Kier alpha value is -1.77. The summed E-state index contributed by atoms with van der Waals surface area (Å²) in [6.07, 6.45) is 1.76. The van der Waals surface area contributed by atoms with Crippen molar-refractivity contribution in [3.8, 4) is 0 Å². The topological polar surface area (TPSA) is 41.1 Å². The van der Waals surface area contributed by atoms with Gasteiger partial charge < -0.3 is 10.6 Å². The maximum atomic E-state index is 11.5. The lowest BCUT2D eigenvalue weighted by molar-refractivity contribution is 0.244. The van der Waals surface area contributed by atoms with Crippen LogP contribution in [0.15, 0.2) is 30.8 Å². The third kappa shape index (κ3) is 4.17. The van der Waals surface area contributed by atoms with Crippen molar-refractivity contribution in [2.24, 2.45) is 0 Å². The molecule has 2 N–H and O–H groups in total. The third-order valence-corrected chi connectivity index (χ3v) is 1.89. The Morgan fingerprint density at radius 2 is 1.81 bits per heavy atom. The van der Waals surface area contributed by atoms with E-state index in [-0.39, 0.29) is 11.6 Å². The molecule has 0 bridgehead atoms. The number of carbonyl (C=O) groups excluding carboxylic acids is 1. The number of carbonyl (C=O) groups is 1. The van der Waals surface area contributed by atoms with E-state index in [0.29, 0.717) is 0 Å². The maximum absolute atomic E-state index is 11.5.